The van der Waals surface area contributed by atoms with Gasteiger partial charge in [0.15, 0.2) is 0 Å². The normalized spacial score (nSPS) is 11.4. The molecular weight excluding hydrogens is 312 g/mol. The highest BCUT2D eigenvalue weighted by Gasteiger charge is 2.33. The highest BCUT2D eigenvalue weighted by molar-refractivity contribution is 14.1. The van der Waals surface area contributed by atoms with Crippen molar-refractivity contribution in [2.45, 2.75) is 6.18 Å². The van der Waals surface area contributed by atoms with Gasteiger partial charge in [0.25, 0.3) is 0 Å². The Hall–Kier alpha value is -0.860. The fourth-order valence-corrected chi connectivity index (χ4v) is 1.38. The summed E-state index contributed by atoms with van der Waals surface area (Å²) in [7, 11) is 0. The summed E-state index contributed by atoms with van der Waals surface area (Å²) < 4.78 is 36.7. The number of pyridine rings is 1. The Balaban J connectivity index is 3.28. The second kappa shape index (κ2) is 3.71. The molecule has 1 heterocycles. The van der Waals surface area contributed by atoms with Gasteiger partial charge in [-0.25, -0.2) is 4.98 Å². The highest BCUT2D eigenvalue weighted by Crippen LogP contribution is 2.28. The van der Waals surface area contributed by atoms with Gasteiger partial charge in [0.2, 0.25) is 5.91 Å². The van der Waals surface area contributed by atoms with Crippen molar-refractivity contribution in [1.29, 1.82) is 0 Å². The number of nitrogens with zero attached hydrogens (tertiary/aromatic N) is 1. The van der Waals surface area contributed by atoms with Crippen molar-refractivity contribution in [1.82, 2.24) is 4.98 Å². The molecule has 76 valence electrons. The fourth-order valence-electron chi connectivity index (χ4n) is 0.784. The zero-order chi connectivity index (χ0) is 10.9. The van der Waals surface area contributed by atoms with Crippen LogP contribution in [0.3, 0.4) is 0 Å². The number of alkyl halides is 3. The van der Waals surface area contributed by atoms with Crippen LogP contribution in [0.2, 0.25) is 0 Å². The molecule has 1 aromatic rings. The van der Waals surface area contributed by atoms with E-state index < -0.39 is 17.8 Å². The molecule has 0 aliphatic heterocycles. The maximum absolute atomic E-state index is 12.2. The number of primary amides is 1. The topological polar surface area (TPSA) is 56.0 Å². The SMILES string of the molecule is NC(=O)c1cc(I)nc(C(F)(F)F)c1. The maximum Gasteiger partial charge on any atom is 0.433 e. The van der Waals surface area contributed by atoms with E-state index in [1.54, 1.807) is 22.6 Å². The molecule has 0 unspecified atom stereocenters. The highest BCUT2D eigenvalue weighted by atomic mass is 127. The summed E-state index contributed by atoms with van der Waals surface area (Å²) in [6, 6.07) is 1.82. The minimum absolute atomic E-state index is 0.0752. The number of hydrogen-bond acceptors (Lipinski definition) is 2. The van der Waals surface area contributed by atoms with E-state index in [1.165, 1.54) is 6.07 Å². The van der Waals surface area contributed by atoms with E-state index in [-0.39, 0.29) is 9.26 Å². The molecule has 0 saturated carbocycles. The van der Waals surface area contributed by atoms with Crippen LogP contribution in [0, 0.1) is 3.70 Å². The quantitative estimate of drug-likeness (QED) is 0.634. The minimum atomic E-state index is -4.56. The third-order valence-electron chi connectivity index (χ3n) is 1.37. The van der Waals surface area contributed by atoms with E-state index in [2.05, 4.69) is 4.98 Å². The summed E-state index contributed by atoms with van der Waals surface area (Å²) in [5.74, 6) is -0.907. The molecule has 2 N–H and O–H groups in total. The summed E-state index contributed by atoms with van der Waals surface area (Å²) >= 11 is 1.59. The van der Waals surface area contributed by atoms with Gasteiger partial charge in [-0.05, 0) is 34.7 Å². The van der Waals surface area contributed by atoms with Gasteiger partial charge in [0.1, 0.15) is 9.39 Å². The summed E-state index contributed by atoms with van der Waals surface area (Å²) in [5.41, 5.74) is 3.55. The van der Waals surface area contributed by atoms with Crippen LogP contribution in [0.1, 0.15) is 16.1 Å². The first-order valence-electron chi connectivity index (χ1n) is 3.35. The zero-order valence-electron chi connectivity index (χ0n) is 6.60. The van der Waals surface area contributed by atoms with Crippen molar-refractivity contribution >= 4 is 28.5 Å². The number of carbonyl (C=O) groups excluding carboxylic acids is 1. The van der Waals surface area contributed by atoms with Crippen LogP contribution in [0.5, 0.6) is 0 Å². The Labute approximate surface area is 90.6 Å². The maximum atomic E-state index is 12.2. The second-order valence-electron chi connectivity index (χ2n) is 2.43. The largest absolute Gasteiger partial charge is 0.433 e. The summed E-state index contributed by atoms with van der Waals surface area (Å²) in [4.78, 5) is 13.9. The standard InChI is InChI=1S/C7H4F3IN2O/c8-7(9,10)4-1-3(6(12)14)2-5(11)13-4/h1-2H,(H2,12,14). The van der Waals surface area contributed by atoms with Crippen LogP contribution >= 0.6 is 22.6 Å². The van der Waals surface area contributed by atoms with Crippen LogP contribution in [0.4, 0.5) is 13.2 Å². The lowest BCUT2D eigenvalue weighted by Gasteiger charge is -2.06. The molecule has 0 saturated heterocycles. The molecule has 1 amide bonds. The van der Waals surface area contributed by atoms with Gasteiger partial charge in [-0.1, -0.05) is 0 Å². The van der Waals surface area contributed by atoms with Crippen LogP contribution in [-0.2, 0) is 6.18 Å². The Kier molecular flexibility index (Phi) is 2.98. The predicted molar refractivity (Wildman–Crippen MR) is 50.5 cm³/mol. The van der Waals surface area contributed by atoms with Crippen molar-refractivity contribution in [3.05, 3.63) is 27.1 Å². The van der Waals surface area contributed by atoms with Crippen molar-refractivity contribution in [2.24, 2.45) is 5.73 Å². The van der Waals surface area contributed by atoms with E-state index in [9.17, 15) is 18.0 Å². The second-order valence-corrected chi connectivity index (χ2v) is 3.53. The first-order valence-corrected chi connectivity index (χ1v) is 4.43. The fraction of sp³-hybridized carbons (Fsp3) is 0.143. The van der Waals surface area contributed by atoms with Crippen LogP contribution in [0.25, 0.3) is 0 Å². The lowest BCUT2D eigenvalue weighted by Crippen LogP contribution is -2.15. The molecule has 0 bridgehead atoms. The van der Waals surface area contributed by atoms with Crippen molar-refractivity contribution in [2.75, 3.05) is 0 Å². The molecule has 0 aromatic carbocycles. The Bertz CT molecular complexity index is 378. The Morgan fingerprint density at radius 2 is 2.00 bits per heavy atom. The Morgan fingerprint density at radius 3 is 2.43 bits per heavy atom. The van der Waals surface area contributed by atoms with Gasteiger partial charge in [0.05, 0.1) is 0 Å². The third-order valence-corrected chi connectivity index (χ3v) is 1.92. The first-order chi connectivity index (χ1) is 6.30. The minimum Gasteiger partial charge on any atom is -0.366 e. The van der Waals surface area contributed by atoms with E-state index in [1.807, 2.05) is 0 Å². The molecule has 1 aromatic heterocycles. The molecule has 3 nitrogen and oxygen atoms in total. The number of rotatable bonds is 1. The lowest BCUT2D eigenvalue weighted by molar-refractivity contribution is -0.141. The van der Waals surface area contributed by atoms with Gasteiger partial charge in [-0.15, -0.1) is 0 Å². The van der Waals surface area contributed by atoms with Crippen molar-refractivity contribution in [3.63, 3.8) is 0 Å². The van der Waals surface area contributed by atoms with E-state index in [0.29, 0.717) is 6.07 Å². The molecule has 0 radical (unpaired) electrons. The van der Waals surface area contributed by atoms with Gasteiger partial charge >= 0.3 is 6.18 Å². The molecule has 0 atom stereocenters. The number of halogens is 4. The molecule has 1 rings (SSSR count). The molecule has 0 fully saturated rings. The molecule has 0 spiro atoms. The van der Waals surface area contributed by atoms with Crippen LogP contribution < -0.4 is 5.73 Å². The average molecular weight is 316 g/mol. The third kappa shape index (κ3) is 2.56. The van der Waals surface area contributed by atoms with Crippen LogP contribution in [0.15, 0.2) is 12.1 Å². The lowest BCUT2D eigenvalue weighted by atomic mass is 10.2. The van der Waals surface area contributed by atoms with Gasteiger partial charge in [-0.2, -0.15) is 13.2 Å². The molecule has 0 aliphatic carbocycles. The van der Waals surface area contributed by atoms with Crippen molar-refractivity contribution in [3.8, 4) is 0 Å². The number of nitrogens with two attached hydrogens (primary N) is 1. The molecule has 7 heteroatoms. The number of hydrogen-bond donors (Lipinski definition) is 1. The first kappa shape index (κ1) is 11.2. The van der Waals surface area contributed by atoms with E-state index >= 15 is 0 Å². The predicted octanol–water partition coefficient (Wildman–Crippen LogP) is 1.80. The molecule has 0 aliphatic rings. The number of carbonyl (C=O) groups is 1. The smallest absolute Gasteiger partial charge is 0.366 e. The van der Waals surface area contributed by atoms with Gasteiger partial charge in [0, 0.05) is 5.56 Å². The summed E-state index contributed by atoms with van der Waals surface area (Å²) in [5, 5.41) is 0. The van der Waals surface area contributed by atoms with Gasteiger partial charge in [-0.3, -0.25) is 4.79 Å². The molecule has 14 heavy (non-hydrogen) atoms. The average Bonchev–Trinajstić information content (AvgIpc) is 2.01. The number of amides is 1. The van der Waals surface area contributed by atoms with Crippen molar-refractivity contribution < 1.29 is 18.0 Å². The Morgan fingerprint density at radius 1 is 1.43 bits per heavy atom. The monoisotopic (exact) mass is 316 g/mol. The summed E-state index contributed by atoms with van der Waals surface area (Å²) in [6.45, 7) is 0. The van der Waals surface area contributed by atoms with E-state index in [0.717, 1.165) is 0 Å². The molecular formula is C7H4F3IN2O. The van der Waals surface area contributed by atoms with E-state index in [4.69, 9.17) is 5.73 Å². The number of aromatic nitrogens is 1. The van der Waals surface area contributed by atoms with Gasteiger partial charge < -0.3 is 5.73 Å². The zero-order valence-corrected chi connectivity index (χ0v) is 8.76. The van der Waals surface area contributed by atoms with Crippen LogP contribution in [-0.4, -0.2) is 10.9 Å². The summed E-state index contributed by atoms with van der Waals surface area (Å²) in [6.07, 6.45) is -4.56.